The van der Waals surface area contributed by atoms with Crippen molar-refractivity contribution in [3.63, 3.8) is 0 Å². The van der Waals surface area contributed by atoms with Gasteiger partial charge >= 0.3 is 0 Å². The van der Waals surface area contributed by atoms with E-state index in [1.165, 1.54) is 36.0 Å². The van der Waals surface area contributed by atoms with Crippen LogP contribution in [-0.4, -0.2) is 32.3 Å². The van der Waals surface area contributed by atoms with Gasteiger partial charge in [0.05, 0.1) is 11.8 Å². The van der Waals surface area contributed by atoms with Crippen LogP contribution < -0.4 is 10.6 Å². The van der Waals surface area contributed by atoms with E-state index < -0.39 is 11.9 Å². The lowest BCUT2D eigenvalue weighted by Gasteiger charge is -2.21. The molecule has 0 radical (unpaired) electrons. The Balaban J connectivity index is 1.40. The van der Waals surface area contributed by atoms with Crippen molar-refractivity contribution in [1.82, 2.24) is 20.1 Å². The van der Waals surface area contributed by atoms with Gasteiger partial charge in [0.15, 0.2) is 11.0 Å². The van der Waals surface area contributed by atoms with Crippen molar-refractivity contribution in [2.75, 3.05) is 11.1 Å². The minimum absolute atomic E-state index is 0.0244. The number of nitrogens with zero attached hydrogens (tertiary/aromatic N) is 3. The molecule has 0 aliphatic heterocycles. The highest BCUT2D eigenvalue weighted by atomic mass is 32.2. The number of anilines is 1. The van der Waals surface area contributed by atoms with Crippen molar-refractivity contribution < 1.29 is 14.0 Å². The largest absolute Gasteiger partial charge is 0.342 e. The van der Waals surface area contributed by atoms with E-state index in [2.05, 4.69) is 20.8 Å². The summed E-state index contributed by atoms with van der Waals surface area (Å²) >= 11 is 1.27. The fraction of sp³-hybridized carbons (Fsp3) is 0.231. The van der Waals surface area contributed by atoms with E-state index >= 15 is 0 Å². The molecule has 0 saturated carbocycles. The molecule has 1 unspecified atom stereocenters. The van der Waals surface area contributed by atoms with E-state index in [9.17, 15) is 14.0 Å². The number of fused-ring (bicyclic) bond motifs is 1. The second-order valence-corrected chi connectivity index (χ2v) is 9.44. The Labute approximate surface area is 207 Å². The summed E-state index contributed by atoms with van der Waals surface area (Å²) in [6, 6.07) is 18.7. The predicted octanol–water partition coefficient (Wildman–Crippen LogP) is 4.97. The minimum atomic E-state index is -0.411. The second kappa shape index (κ2) is 10.7. The van der Waals surface area contributed by atoms with E-state index in [0.29, 0.717) is 16.5 Å². The van der Waals surface area contributed by atoms with E-state index in [0.717, 1.165) is 16.5 Å². The SMILES string of the molecule is CC(C)C(NC(=O)c1ccc(F)cc1)c1nnc(SCC(=O)Nc2ccc3ccccc3c2)n1C. The Hall–Kier alpha value is -3.72. The van der Waals surface area contributed by atoms with Gasteiger partial charge in [0.2, 0.25) is 5.91 Å². The molecule has 4 aromatic rings. The van der Waals surface area contributed by atoms with E-state index in [1.807, 2.05) is 56.3 Å². The zero-order chi connectivity index (χ0) is 24.9. The van der Waals surface area contributed by atoms with Crippen LogP contribution in [0.15, 0.2) is 71.9 Å². The van der Waals surface area contributed by atoms with Gasteiger partial charge in [-0.25, -0.2) is 4.39 Å². The summed E-state index contributed by atoms with van der Waals surface area (Å²) in [6.45, 7) is 3.93. The Morgan fingerprint density at radius 3 is 2.43 bits per heavy atom. The third-order valence-corrected chi connectivity index (χ3v) is 6.59. The molecule has 35 heavy (non-hydrogen) atoms. The third kappa shape index (κ3) is 5.86. The summed E-state index contributed by atoms with van der Waals surface area (Å²) < 4.78 is 15.0. The first kappa shape index (κ1) is 24.4. The molecule has 1 heterocycles. The molecule has 1 aromatic heterocycles. The summed E-state index contributed by atoms with van der Waals surface area (Å²) in [4.78, 5) is 25.2. The number of hydrogen-bond donors (Lipinski definition) is 2. The highest BCUT2D eigenvalue weighted by Gasteiger charge is 2.25. The molecule has 2 N–H and O–H groups in total. The van der Waals surface area contributed by atoms with Crippen molar-refractivity contribution in [2.24, 2.45) is 13.0 Å². The molecule has 0 aliphatic carbocycles. The monoisotopic (exact) mass is 491 g/mol. The molecule has 0 fully saturated rings. The first-order valence-corrected chi connectivity index (χ1v) is 12.2. The van der Waals surface area contributed by atoms with Crippen LogP contribution in [0.3, 0.4) is 0 Å². The van der Waals surface area contributed by atoms with Crippen molar-refractivity contribution in [2.45, 2.75) is 25.0 Å². The smallest absolute Gasteiger partial charge is 0.251 e. The van der Waals surface area contributed by atoms with Crippen LogP contribution in [0.1, 0.15) is 36.1 Å². The molecule has 180 valence electrons. The van der Waals surface area contributed by atoms with Crippen LogP contribution in [0, 0.1) is 11.7 Å². The normalized spacial score (nSPS) is 12.0. The Morgan fingerprint density at radius 1 is 1.00 bits per heavy atom. The number of rotatable bonds is 8. The first-order chi connectivity index (χ1) is 16.8. The Bertz CT molecular complexity index is 1350. The molecule has 4 rings (SSSR count). The number of nitrogens with one attached hydrogen (secondary N) is 2. The van der Waals surface area contributed by atoms with Gasteiger partial charge in [-0.05, 0) is 53.1 Å². The summed E-state index contributed by atoms with van der Waals surface area (Å²) in [6.07, 6.45) is 0. The molecular weight excluding hydrogens is 465 g/mol. The number of halogens is 1. The van der Waals surface area contributed by atoms with Gasteiger partial charge in [-0.15, -0.1) is 10.2 Å². The predicted molar refractivity (Wildman–Crippen MR) is 136 cm³/mol. The standard InChI is InChI=1S/C26H26FN5O2S/c1-16(2)23(29-25(34)18-8-11-20(27)12-9-18)24-30-31-26(32(24)3)35-15-22(33)28-21-13-10-17-6-4-5-7-19(17)14-21/h4-14,16,23H,15H2,1-3H3,(H,28,33)(H,29,34). The van der Waals surface area contributed by atoms with Crippen molar-refractivity contribution in [1.29, 1.82) is 0 Å². The maximum absolute atomic E-state index is 13.2. The number of carbonyl (C=O) groups is 2. The van der Waals surface area contributed by atoms with Gasteiger partial charge in [-0.3, -0.25) is 9.59 Å². The van der Waals surface area contributed by atoms with Gasteiger partial charge in [0.1, 0.15) is 5.82 Å². The van der Waals surface area contributed by atoms with Crippen LogP contribution in [0.5, 0.6) is 0 Å². The maximum atomic E-state index is 13.2. The number of amides is 2. The van der Waals surface area contributed by atoms with Gasteiger partial charge in [-0.1, -0.05) is 55.9 Å². The van der Waals surface area contributed by atoms with Crippen molar-refractivity contribution >= 4 is 40.0 Å². The van der Waals surface area contributed by atoms with Crippen LogP contribution in [0.2, 0.25) is 0 Å². The Morgan fingerprint density at radius 2 is 1.71 bits per heavy atom. The second-order valence-electron chi connectivity index (χ2n) is 8.50. The third-order valence-electron chi connectivity index (χ3n) is 5.57. The highest BCUT2D eigenvalue weighted by molar-refractivity contribution is 7.99. The number of benzene rings is 3. The molecular formula is C26H26FN5O2S. The van der Waals surface area contributed by atoms with E-state index in [1.54, 1.807) is 11.6 Å². The van der Waals surface area contributed by atoms with Crippen LogP contribution in [0.4, 0.5) is 10.1 Å². The summed E-state index contributed by atoms with van der Waals surface area (Å²) in [5.41, 5.74) is 1.09. The lowest BCUT2D eigenvalue weighted by atomic mass is 10.0. The molecule has 0 aliphatic rings. The molecule has 3 aromatic carbocycles. The zero-order valence-corrected chi connectivity index (χ0v) is 20.5. The van der Waals surface area contributed by atoms with Crippen LogP contribution >= 0.6 is 11.8 Å². The Kier molecular flexibility index (Phi) is 7.45. The topological polar surface area (TPSA) is 88.9 Å². The average Bonchev–Trinajstić information content (AvgIpc) is 3.21. The van der Waals surface area contributed by atoms with Gasteiger partial charge in [-0.2, -0.15) is 0 Å². The molecule has 0 spiro atoms. The van der Waals surface area contributed by atoms with Crippen molar-refractivity contribution in [3.05, 3.63) is 83.9 Å². The molecule has 7 nitrogen and oxygen atoms in total. The molecule has 2 amide bonds. The molecule has 0 bridgehead atoms. The summed E-state index contributed by atoms with van der Waals surface area (Å²) in [7, 11) is 1.80. The van der Waals surface area contributed by atoms with Gasteiger partial charge in [0.25, 0.3) is 5.91 Å². The lowest BCUT2D eigenvalue weighted by Crippen LogP contribution is -2.33. The molecule has 0 saturated heterocycles. The number of thioether (sulfide) groups is 1. The first-order valence-electron chi connectivity index (χ1n) is 11.2. The number of aromatic nitrogens is 3. The molecule has 9 heteroatoms. The van der Waals surface area contributed by atoms with E-state index in [-0.39, 0.29) is 23.5 Å². The van der Waals surface area contributed by atoms with E-state index in [4.69, 9.17) is 0 Å². The van der Waals surface area contributed by atoms with Crippen molar-refractivity contribution in [3.8, 4) is 0 Å². The van der Waals surface area contributed by atoms with Gasteiger partial charge in [0, 0.05) is 18.3 Å². The van der Waals surface area contributed by atoms with Crippen LogP contribution in [0.25, 0.3) is 10.8 Å². The minimum Gasteiger partial charge on any atom is -0.342 e. The highest BCUT2D eigenvalue weighted by Crippen LogP contribution is 2.25. The lowest BCUT2D eigenvalue weighted by molar-refractivity contribution is -0.113. The quantitative estimate of drug-likeness (QED) is 0.340. The molecule has 1 atom stereocenters. The fourth-order valence-corrected chi connectivity index (χ4v) is 4.39. The zero-order valence-electron chi connectivity index (χ0n) is 19.7. The van der Waals surface area contributed by atoms with Gasteiger partial charge < -0.3 is 15.2 Å². The summed E-state index contributed by atoms with van der Waals surface area (Å²) in [5.74, 6) is -0.117. The summed E-state index contributed by atoms with van der Waals surface area (Å²) in [5, 5.41) is 17.1. The average molecular weight is 492 g/mol. The number of carbonyl (C=O) groups excluding carboxylic acids is 2. The van der Waals surface area contributed by atoms with Crippen LogP contribution in [-0.2, 0) is 11.8 Å². The number of hydrogen-bond acceptors (Lipinski definition) is 5. The maximum Gasteiger partial charge on any atom is 0.251 e. The fourth-order valence-electron chi connectivity index (χ4n) is 3.67.